The van der Waals surface area contributed by atoms with Gasteiger partial charge in [-0.15, -0.1) is 0 Å². The van der Waals surface area contributed by atoms with Crippen molar-refractivity contribution in [2.75, 3.05) is 0 Å². The summed E-state index contributed by atoms with van der Waals surface area (Å²) >= 11 is 0. The Morgan fingerprint density at radius 1 is 1.53 bits per heavy atom. The topological polar surface area (TPSA) is 45.8 Å². The molecule has 0 aliphatic carbocycles. The van der Waals surface area contributed by atoms with E-state index in [4.69, 9.17) is 0 Å². The first-order valence-corrected chi connectivity index (χ1v) is 4.01. The van der Waals surface area contributed by atoms with Crippen LogP contribution in [0.15, 0.2) is 0 Å². The number of aryl methyl sites for hydroxylation is 1. The number of carbonyl (C=O) groups is 1. The number of alkyl halides is 3. The van der Waals surface area contributed by atoms with Crippen LogP contribution in [-0.4, -0.2) is 16.5 Å². The Kier molecular flexibility index (Phi) is 3.14. The lowest BCUT2D eigenvalue weighted by atomic mass is 10.2. The van der Waals surface area contributed by atoms with Gasteiger partial charge in [0.15, 0.2) is 5.69 Å². The van der Waals surface area contributed by atoms with E-state index in [0.717, 1.165) is 0 Å². The monoisotopic (exact) mass is 216 g/mol. The number of aldehydes is 1. The minimum absolute atomic E-state index is 0.0953. The molecule has 0 aromatic carbocycles. The summed E-state index contributed by atoms with van der Waals surface area (Å²) in [7, 11) is 0. The molecule has 3 nitrogen and oxygen atoms in total. The maximum Gasteiger partial charge on any atom is 0.436 e. The van der Waals surface area contributed by atoms with E-state index in [-0.39, 0.29) is 17.7 Å². The van der Waals surface area contributed by atoms with Gasteiger partial charge in [0.05, 0.1) is 12.0 Å². The lowest BCUT2D eigenvalue weighted by Gasteiger charge is -2.01. The molecular weight excluding hydrogens is 209 g/mol. The summed E-state index contributed by atoms with van der Waals surface area (Å²) in [6.45, 7) is 1.44. The van der Waals surface area contributed by atoms with Crippen LogP contribution in [0.3, 0.4) is 0 Å². The summed E-state index contributed by atoms with van der Waals surface area (Å²) in [5, 5.41) is 5.33. The zero-order valence-corrected chi connectivity index (χ0v) is 7.77. The molecule has 0 atom stereocenters. The van der Waals surface area contributed by atoms with Crippen molar-refractivity contribution in [3.63, 3.8) is 0 Å². The van der Waals surface area contributed by atoms with Crippen molar-refractivity contribution in [1.82, 2.24) is 10.2 Å². The Balaban J connectivity index is 3.12. The number of aromatic nitrogens is 2. The number of hydrogen-bond acceptors (Lipinski definition) is 2. The lowest BCUT2D eigenvalue weighted by Crippen LogP contribution is -2.07. The molecule has 15 heavy (non-hydrogen) atoms. The van der Waals surface area contributed by atoms with E-state index in [0.29, 0.717) is 6.29 Å². The van der Waals surface area contributed by atoms with Gasteiger partial charge in [-0.05, 0) is 6.92 Å². The third kappa shape index (κ3) is 2.59. The molecule has 0 saturated carbocycles. The summed E-state index contributed by atoms with van der Waals surface area (Å²) in [6.07, 6.45) is -4.10. The summed E-state index contributed by atoms with van der Waals surface area (Å²) in [5.41, 5.74) is -1.01. The smallest absolute Gasteiger partial charge is 0.302 e. The standard InChI is InChI=1S/C9H7F3N2O/c1-6-7(4-2-3-5-15)8(14-13-6)9(10,11)12/h5H,3H2,1H3,(H,13,14). The quantitative estimate of drug-likeness (QED) is 0.573. The van der Waals surface area contributed by atoms with Crippen molar-refractivity contribution < 1.29 is 18.0 Å². The van der Waals surface area contributed by atoms with Gasteiger partial charge in [-0.25, -0.2) is 0 Å². The fraction of sp³-hybridized carbons (Fsp3) is 0.333. The fourth-order valence-electron chi connectivity index (χ4n) is 0.968. The molecule has 0 unspecified atom stereocenters. The van der Waals surface area contributed by atoms with E-state index in [1.807, 2.05) is 0 Å². The van der Waals surface area contributed by atoms with Gasteiger partial charge >= 0.3 is 6.18 Å². The van der Waals surface area contributed by atoms with Crippen LogP contribution < -0.4 is 0 Å². The molecule has 0 saturated heterocycles. The van der Waals surface area contributed by atoms with Crippen molar-refractivity contribution >= 4 is 6.29 Å². The maximum absolute atomic E-state index is 12.4. The average Bonchev–Trinajstić information content (AvgIpc) is 2.48. The van der Waals surface area contributed by atoms with Crippen molar-refractivity contribution in [3.05, 3.63) is 17.0 Å². The van der Waals surface area contributed by atoms with E-state index >= 15 is 0 Å². The molecular formula is C9H7F3N2O. The number of nitrogens with one attached hydrogen (secondary N) is 1. The Hall–Kier alpha value is -1.77. The average molecular weight is 216 g/mol. The first-order valence-electron chi connectivity index (χ1n) is 4.01. The molecule has 0 aliphatic heterocycles. The fourth-order valence-corrected chi connectivity index (χ4v) is 0.968. The molecule has 0 spiro atoms. The van der Waals surface area contributed by atoms with E-state index in [9.17, 15) is 18.0 Å². The third-order valence-corrected chi connectivity index (χ3v) is 1.61. The molecule has 0 amide bonds. The highest BCUT2D eigenvalue weighted by molar-refractivity contribution is 5.55. The van der Waals surface area contributed by atoms with Crippen LogP contribution in [-0.2, 0) is 11.0 Å². The second-order valence-electron chi connectivity index (χ2n) is 2.74. The summed E-state index contributed by atoms with van der Waals surface area (Å²) in [6, 6.07) is 0. The van der Waals surface area contributed by atoms with Crippen LogP contribution in [0.1, 0.15) is 23.4 Å². The number of carbonyl (C=O) groups excluding carboxylic acids is 1. The van der Waals surface area contributed by atoms with Crippen LogP contribution in [0.2, 0.25) is 0 Å². The highest BCUT2D eigenvalue weighted by Crippen LogP contribution is 2.30. The largest absolute Gasteiger partial charge is 0.436 e. The summed E-state index contributed by atoms with van der Waals surface area (Å²) < 4.78 is 37.1. The molecule has 1 aromatic heterocycles. The number of hydrogen-bond donors (Lipinski definition) is 1. The molecule has 1 aromatic rings. The normalized spacial score (nSPS) is 10.7. The van der Waals surface area contributed by atoms with E-state index in [1.54, 1.807) is 0 Å². The van der Waals surface area contributed by atoms with Gasteiger partial charge in [0.25, 0.3) is 0 Å². The molecule has 1 heterocycles. The second-order valence-corrected chi connectivity index (χ2v) is 2.74. The predicted molar refractivity (Wildman–Crippen MR) is 45.9 cm³/mol. The zero-order valence-electron chi connectivity index (χ0n) is 7.77. The van der Waals surface area contributed by atoms with Crippen molar-refractivity contribution in [2.24, 2.45) is 0 Å². The number of H-pyrrole nitrogens is 1. The Morgan fingerprint density at radius 2 is 2.20 bits per heavy atom. The Morgan fingerprint density at radius 3 is 2.73 bits per heavy atom. The summed E-state index contributed by atoms with van der Waals surface area (Å²) in [4.78, 5) is 9.95. The van der Waals surface area contributed by atoms with Gasteiger partial charge in [0.2, 0.25) is 0 Å². The van der Waals surface area contributed by atoms with Crippen molar-refractivity contribution in [1.29, 1.82) is 0 Å². The molecule has 0 fully saturated rings. The van der Waals surface area contributed by atoms with Crippen LogP contribution in [0.4, 0.5) is 13.2 Å². The van der Waals surface area contributed by atoms with E-state index in [2.05, 4.69) is 22.0 Å². The van der Waals surface area contributed by atoms with Crippen LogP contribution in [0.25, 0.3) is 0 Å². The number of aromatic amines is 1. The van der Waals surface area contributed by atoms with Crippen LogP contribution in [0.5, 0.6) is 0 Å². The van der Waals surface area contributed by atoms with E-state index in [1.165, 1.54) is 6.92 Å². The van der Waals surface area contributed by atoms with Gasteiger partial charge in [-0.3, -0.25) is 5.10 Å². The Labute approximate surface area is 83.7 Å². The first kappa shape index (κ1) is 11.3. The van der Waals surface area contributed by atoms with Gasteiger partial charge in [-0.2, -0.15) is 18.3 Å². The Bertz CT molecular complexity index is 423. The van der Waals surface area contributed by atoms with Gasteiger partial charge < -0.3 is 4.79 Å². The van der Waals surface area contributed by atoms with Crippen LogP contribution in [0, 0.1) is 18.8 Å². The second kappa shape index (κ2) is 4.17. The molecule has 0 aliphatic rings. The maximum atomic E-state index is 12.4. The number of nitrogens with zero attached hydrogens (tertiary/aromatic N) is 1. The van der Waals surface area contributed by atoms with Gasteiger partial charge in [-0.1, -0.05) is 11.8 Å². The summed E-state index contributed by atoms with van der Waals surface area (Å²) in [5.74, 6) is 4.59. The molecule has 80 valence electrons. The minimum atomic E-state index is -4.53. The zero-order chi connectivity index (χ0) is 11.5. The third-order valence-electron chi connectivity index (χ3n) is 1.61. The highest BCUT2D eigenvalue weighted by atomic mass is 19.4. The highest BCUT2D eigenvalue weighted by Gasteiger charge is 2.37. The number of rotatable bonds is 1. The lowest BCUT2D eigenvalue weighted by molar-refractivity contribution is -0.141. The van der Waals surface area contributed by atoms with Crippen molar-refractivity contribution in [2.45, 2.75) is 19.5 Å². The molecule has 1 rings (SSSR count). The number of halogens is 3. The molecule has 0 radical (unpaired) electrons. The minimum Gasteiger partial charge on any atom is -0.302 e. The van der Waals surface area contributed by atoms with Crippen molar-refractivity contribution in [3.8, 4) is 11.8 Å². The molecule has 1 N–H and O–H groups in total. The van der Waals surface area contributed by atoms with Crippen LogP contribution >= 0.6 is 0 Å². The SMILES string of the molecule is Cc1[nH]nc(C(F)(F)F)c1C#CCC=O. The molecule has 0 bridgehead atoms. The molecule has 6 heteroatoms. The first-order chi connectivity index (χ1) is 6.96. The van der Waals surface area contributed by atoms with Gasteiger partial charge in [0.1, 0.15) is 6.29 Å². The predicted octanol–water partition coefficient (Wildman–Crippen LogP) is 1.68. The van der Waals surface area contributed by atoms with Gasteiger partial charge in [0, 0.05) is 5.69 Å². The van der Waals surface area contributed by atoms with E-state index < -0.39 is 11.9 Å².